The minimum absolute atomic E-state index is 0.199. The van der Waals surface area contributed by atoms with Gasteiger partial charge in [0.05, 0.1) is 0 Å². The highest BCUT2D eigenvalue weighted by molar-refractivity contribution is 6.30. The van der Waals surface area contributed by atoms with Crippen LogP contribution in [0.2, 0.25) is 5.02 Å². The second-order valence-electron chi connectivity index (χ2n) is 5.76. The van der Waals surface area contributed by atoms with Gasteiger partial charge in [0, 0.05) is 18.1 Å². The molecule has 1 saturated heterocycles. The molecule has 0 aliphatic carbocycles. The van der Waals surface area contributed by atoms with Gasteiger partial charge in [-0.05, 0) is 29.8 Å². The molecule has 0 radical (unpaired) electrons. The number of hydrogen-bond donors (Lipinski definition) is 1. The molecule has 3 amide bonds. The highest BCUT2D eigenvalue weighted by atomic mass is 35.5. The van der Waals surface area contributed by atoms with E-state index >= 15 is 0 Å². The number of nitrogens with one attached hydrogen (secondary N) is 1. The van der Waals surface area contributed by atoms with Crippen molar-refractivity contribution >= 4 is 29.5 Å². The predicted octanol–water partition coefficient (Wildman–Crippen LogP) is 2.63. The molecule has 0 spiro atoms. The average molecular weight is 389 g/mol. The summed E-state index contributed by atoms with van der Waals surface area (Å²) in [6, 6.07) is 13.2. The minimum atomic E-state index is -0.699. The Balaban J connectivity index is 1.60. The van der Waals surface area contributed by atoms with E-state index in [9.17, 15) is 14.4 Å². The van der Waals surface area contributed by atoms with Crippen LogP contribution in [0, 0.1) is 0 Å². The molecule has 2 aromatic rings. The molecule has 0 saturated carbocycles. The third-order valence-electron chi connectivity index (χ3n) is 3.90. The summed E-state index contributed by atoms with van der Waals surface area (Å²) in [7, 11) is 0. The SMILES string of the molecule is O=C(OCC(=O)N1CCNC1=O)c1ccccc1OCc1ccc(Cl)cc1. The molecule has 0 atom stereocenters. The molecule has 1 aliphatic rings. The van der Waals surface area contributed by atoms with Crippen molar-refractivity contribution in [2.75, 3.05) is 19.7 Å². The van der Waals surface area contributed by atoms with Gasteiger partial charge in [-0.15, -0.1) is 0 Å². The lowest BCUT2D eigenvalue weighted by atomic mass is 10.2. The molecule has 2 aromatic carbocycles. The van der Waals surface area contributed by atoms with E-state index in [0.717, 1.165) is 10.5 Å². The average Bonchev–Trinajstić information content (AvgIpc) is 3.11. The first-order valence-electron chi connectivity index (χ1n) is 8.26. The van der Waals surface area contributed by atoms with Crippen LogP contribution in [-0.4, -0.2) is 42.5 Å². The number of hydrogen-bond acceptors (Lipinski definition) is 5. The Morgan fingerprint density at radius 2 is 1.85 bits per heavy atom. The van der Waals surface area contributed by atoms with Crippen LogP contribution in [0.25, 0.3) is 0 Å². The smallest absolute Gasteiger partial charge is 0.342 e. The number of rotatable bonds is 6. The fourth-order valence-electron chi connectivity index (χ4n) is 2.50. The Hall–Kier alpha value is -3.06. The van der Waals surface area contributed by atoms with Crippen LogP contribution in [0.4, 0.5) is 4.79 Å². The summed E-state index contributed by atoms with van der Waals surface area (Å²) in [6.45, 7) is 0.377. The lowest BCUT2D eigenvalue weighted by Gasteiger charge is -2.14. The highest BCUT2D eigenvalue weighted by Gasteiger charge is 2.27. The normalized spacial score (nSPS) is 13.2. The molecule has 8 heteroatoms. The van der Waals surface area contributed by atoms with Crippen molar-refractivity contribution in [3.8, 4) is 5.75 Å². The third kappa shape index (κ3) is 4.77. The first-order valence-corrected chi connectivity index (χ1v) is 8.64. The number of carbonyl (C=O) groups excluding carboxylic acids is 3. The van der Waals surface area contributed by atoms with Crippen LogP contribution in [0.5, 0.6) is 5.75 Å². The number of carbonyl (C=O) groups is 3. The summed E-state index contributed by atoms with van der Waals surface area (Å²) in [4.78, 5) is 36.8. The quantitative estimate of drug-likeness (QED) is 0.769. The number of halogens is 1. The number of nitrogens with zero attached hydrogens (tertiary/aromatic N) is 1. The van der Waals surface area contributed by atoms with Gasteiger partial charge in [0.1, 0.15) is 17.9 Å². The van der Waals surface area contributed by atoms with Crippen molar-refractivity contribution in [1.29, 1.82) is 0 Å². The second-order valence-corrected chi connectivity index (χ2v) is 6.20. The van der Waals surface area contributed by atoms with Gasteiger partial charge in [0.25, 0.3) is 5.91 Å². The summed E-state index contributed by atoms with van der Waals surface area (Å²) < 4.78 is 10.8. The highest BCUT2D eigenvalue weighted by Crippen LogP contribution is 2.21. The molecule has 140 valence electrons. The first kappa shape index (κ1) is 18.7. The fourth-order valence-corrected chi connectivity index (χ4v) is 2.62. The topological polar surface area (TPSA) is 84.9 Å². The van der Waals surface area contributed by atoms with E-state index in [2.05, 4.69) is 5.32 Å². The van der Waals surface area contributed by atoms with Crippen molar-refractivity contribution in [3.05, 3.63) is 64.7 Å². The lowest BCUT2D eigenvalue weighted by Crippen LogP contribution is -2.37. The zero-order chi connectivity index (χ0) is 19.2. The van der Waals surface area contributed by atoms with Crippen LogP contribution in [0.1, 0.15) is 15.9 Å². The van der Waals surface area contributed by atoms with E-state index in [-0.39, 0.29) is 18.7 Å². The van der Waals surface area contributed by atoms with E-state index in [0.29, 0.717) is 17.3 Å². The molecule has 0 bridgehead atoms. The van der Waals surface area contributed by atoms with E-state index in [1.807, 2.05) is 12.1 Å². The monoisotopic (exact) mass is 388 g/mol. The maximum absolute atomic E-state index is 12.3. The Kier molecular flexibility index (Phi) is 5.93. The summed E-state index contributed by atoms with van der Waals surface area (Å²) in [5.74, 6) is -0.934. The predicted molar refractivity (Wildman–Crippen MR) is 97.6 cm³/mol. The molecule has 1 N–H and O–H groups in total. The minimum Gasteiger partial charge on any atom is -0.488 e. The summed E-state index contributed by atoms with van der Waals surface area (Å²) in [6.07, 6.45) is 0. The van der Waals surface area contributed by atoms with E-state index in [1.165, 1.54) is 0 Å². The van der Waals surface area contributed by atoms with Crippen molar-refractivity contribution in [2.45, 2.75) is 6.61 Å². The molecule has 0 aromatic heterocycles. The largest absolute Gasteiger partial charge is 0.488 e. The van der Waals surface area contributed by atoms with Gasteiger partial charge in [0.15, 0.2) is 6.61 Å². The molecular weight excluding hydrogens is 372 g/mol. The fraction of sp³-hybridized carbons (Fsp3) is 0.211. The maximum atomic E-state index is 12.3. The zero-order valence-electron chi connectivity index (χ0n) is 14.3. The van der Waals surface area contributed by atoms with Crippen LogP contribution in [0.15, 0.2) is 48.5 Å². The van der Waals surface area contributed by atoms with Gasteiger partial charge in [-0.1, -0.05) is 35.9 Å². The number of ether oxygens (including phenoxy) is 2. The number of esters is 1. The summed E-state index contributed by atoms with van der Waals surface area (Å²) in [5.41, 5.74) is 1.09. The number of amides is 3. The van der Waals surface area contributed by atoms with Crippen LogP contribution in [-0.2, 0) is 16.1 Å². The first-order chi connectivity index (χ1) is 13.0. The molecular formula is C19H17ClN2O5. The van der Waals surface area contributed by atoms with E-state index in [1.54, 1.807) is 36.4 Å². The third-order valence-corrected chi connectivity index (χ3v) is 4.15. The number of urea groups is 1. The van der Waals surface area contributed by atoms with Gasteiger partial charge < -0.3 is 14.8 Å². The molecule has 7 nitrogen and oxygen atoms in total. The Morgan fingerprint density at radius 3 is 2.56 bits per heavy atom. The van der Waals surface area contributed by atoms with Crippen LogP contribution >= 0.6 is 11.6 Å². The van der Waals surface area contributed by atoms with Gasteiger partial charge >= 0.3 is 12.0 Å². The van der Waals surface area contributed by atoms with Crippen LogP contribution in [0.3, 0.4) is 0 Å². The van der Waals surface area contributed by atoms with E-state index in [4.69, 9.17) is 21.1 Å². The maximum Gasteiger partial charge on any atom is 0.342 e. The number of para-hydroxylation sites is 1. The molecule has 27 heavy (non-hydrogen) atoms. The Labute approximate surface area is 160 Å². The number of imide groups is 1. The number of benzene rings is 2. The van der Waals surface area contributed by atoms with Crippen LogP contribution < -0.4 is 10.1 Å². The van der Waals surface area contributed by atoms with Gasteiger partial charge in [-0.25, -0.2) is 9.59 Å². The molecule has 3 rings (SSSR count). The van der Waals surface area contributed by atoms with Crippen molar-refractivity contribution in [2.24, 2.45) is 0 Å². The zero-order valence-corrected chi connectivity index (χ0v) is 15.1. The summed E-state index contributed by atoms with van der Waals surface area (Å²) >= 11 is 5.85. The molecule has 0 unspecified atom stereocenters. The lowest BCUT2D eigenvalue weighted by molar-refractivity contribution is -0.130. The van der Waals surface area contributed by atoms with Crippen molar-refractivity contribution in [3.63, 3.8) is 0 Å². The Bertz CT molecular complexity index is 853. The van der Waals surface area contributed by atoms with Crippen molar-refractivity contribution < 1.29 is 23.9 Å². The molecule has 1 fully saturated rings. The molecule has 1 aliphatic heterocycles. The van der Waals surface area contributed by atoms with Gasteiger partial charge in [-0.3, -0.25) is 9.69 Å². The van der Waals surface area contributed by atoms with E-state index < -0.39 is 24.5 Å². The second kappa shape index (κ2) is 8.55. The van der Waals surface area contributed by atoms with Gasteiger partial charge in [0.2, 0.25) is 0 Å². The summed E-state index contributed by atoms with van der Waals surface area (Å²) in [5, 5.41) is 3.14. The molecule has 1 heterocycles. The van der Waals surface area contributed by atoms with Gasteiger partial charge in [-0.2, -0.15) is 0 Å². The van der Waals surface area contributed by atoms with Crippen molar-refractivity contribution in [1.82, 2.24) is 10.2 Å². The standard InChI is InChI=1S/C19H17ClN2O5/c20-14-7-5-13(6-8-14)11-26-16-4-2-1-3-15(16)18(24)27-12-17(23)22-10-9-21-19(22)25/h1-8H,9-12H2,(H,21,25). The Morgan fingerprint density at radius 1 is 1.11 bits per heavy atom.